The van der Waals surface area contributed by atoms with Crippen LogP contribution in [0.1, 0.15) is 52.9 Å². The highest BCUT2D eigenvalue weighted by Gasteiger charge is 2.30. The summed E-state index contributed by atoms with van der Waals surface area (Å²) in [6.45, 7) is 0.446. The number of rotatable bonds is 6. The van der Waals surface area contributed by atoms with Gasteiger partial charge in [-0.25, -0.2) is 0 Å². The van der Waals surface area contributed by atoms with Gasteiger partial charge in [0, 0.05) is 28.2 Å². The Morgan fingerprint density at radius 2 is 1.78 bits per heavy atom. The van der Waals surface area contributed by atoms with E-state index in [1.807, 2.05) is 65.6 Å². The van der Waals surface area contributed by atoms with Crippen molar-refractivity contribution in [3.05, 3.63) is 87.8 Å². The molecule has 0 unspecified atom stereocenters. The predicted octanol–water partition coefficient (Wildman–Crippen LogP) is 8.08. The maximum Gasteiger partial charge on any atom is 0.266 e. The fourth-order valence-corrected chi connectivity index (χ4v) is 6.51. The quantitative estimate of drug-likeness (QED) is 0.261. The first-order valence-corrected chi connectivity index (χ1v) is 13.4. The second-order valence-electron chi connectivity index (χ2n) is 9.18. The molecule has 1 aromatic heterocycles. The number of nitrogens with zero attached hydrogens (tertiary/aromatic N) is 2. The van der Waals surface area contributed by atoms with E-state index in [0.717, 1.165) is 58.2 Å². The molecule has 1 saturated carbocycles. The van der Waals surface area contributed by atoms with Gasteiger partial charge in [0.1, 0.15) is 10.6 Å². The number of benzene rings is 3. The largest absolute Gasteiger partial charge is 0.496 e. The molecule has 0 aliphatic heterocycles. The number of ether oxygens (including phenoxy) is 1. The topological polar surface area (TPSA) is 53.3 Å². The lowest BCUT2D eigenvalue weighted by Gasteiger charge is -2.34. The Morgan fingerprint density at radius 3 is 2.47 bits per heavy atom. The number of carbonyl (C=O) groups is 1. The molecule has 4 aromatic rings. The number of thiophene rings is 1. The number of halogens is 1. The average molecular weight is 515 g/mol. The van der Waals surface area contributed by atoms with Gasteiger partial charge >= 0.3 is 0 Å². The summed E-state index contributed by atoms with van der Waals surface area (Å²) in [6.07, 6.45) is 5.44. The smallest absolute Gasteiger partial charge is 0.266 e. The predicted molar refractivity (Wildman–Crippen MR) is 147 cm³/mol. The standard InChI is InChI=1S/C30H27ClN2O2S/c1-35-26-16-15-22(21-13-11-20(18-32)12-14-21)17-23(26)19-33(24-7-3-2-4-8-24)30(34)29-28(31)25-9-5-6-10-27(25)36-29/h5-6,9-17,24H,2-4,7-8,19H2,1H3. The monoisotopic (exact) mass is 514 g/mol. The molecule has 0 radical (unpaired) electrons. The molecule has 5 rings (SSSR count). The molecule has 1 fully saturated rings. The normalized spacial score (nSPS) is 13.9. The molecule has 0 N–H and O–H groups in total. The van der Waals surface area contributed by atoms with Crippen LogP contribution in [0.2, 0.25) is 5.02 Å². The van der Waals surface area contributed by atoms with E-state index in [-0.39, 0.29) is 11.9 Å². The second-order valence-corrected chi connectivity index (χ2v) is 10.6. The Bertz CT molecular complexity index is 1430. The van der Waals surface area contributed by atoms with Crippen molar-refractivity contribution in [1.29, 1.82) is 5.26 Å². The Morgan fingerprint density at radius 1 is 1.06 bits per heavy atom. The van der Waals surface area contributed by atoms with E-state index in [0.29, 0.717) is 22.0 Å². The summed E-state index contributed by atoms with van der Waals surface area (Å²) in [5.74, 6) is 0.738. The summed E-state index contributed by atoms with van der Waals surface area (Å²) in [7, 11) is 1.66. The molecule has 1 amide bonds. The number of nitriles is 1. The summed E-state index contributed by atoms with van der Waals surface area (Å²) in [4.78, 5) is 16.7. The average Bonchev–Trinajstić information content (AvgIpc) is 3.28. The number of hydrogen-bond donors (Lipinski definition) is 0. The van der Waals surface area contributed by atoms with Crippen molar-refractivity contribution in [2.75, 3.05) is 7.11 Å². The summed E-state index contributed by atoms with van der Waals surface area (Å²) in [6, 6.07) is 23.8. The van der Waals surface area contributed by atoms with Gasteiger partial charge in [0.15, 0.2) is 0 Å². The van der Waals surface area contributed by atoms with Crippen molar-refractivity contribution in [2.45, 2.75) is 44.7 Å². The van der Waals surface area contributed by atoms with E-state index in [9.17, 15) is 4.79 Å². The molecule has 1 aliphatic rings. The van der Waals surface area contributed by atoms with E-state index >= 15 is 0 Å². The molecule has 3 aromatic carbocycles. The molecule has 1 heterocycles. The highest BCUT2D eigenvalue weighted by atomic mass is 35.5. The molecular weight excluding hydrogens is 488 g/mol. The van der Waals surface area contributed by atoms with Gasteiger partial charge in [0.2, 0.25) is 0 Å². The van der Waals surface area contributed by atoms with E-state index in [1.165, 1.54) is 17.8 Å². The minimum absolute atomic E-state index is 0.0149. The summed E-state index contributed by atoms with van der Waals surface area (Å²) < 4.78 is 6.74. The fraction of sp³-hybridized carbons (Fsp3) is 0.267. The van der Waals surface area contributed by atoms with Crippen LogP contribution in [0.15, 0.2) is 66.7 Å². The summed E-state index contributed by atoms with van der Waals surface area (Å²) >= 11 is 8.21. The van der Waals surface area contributed by atoms with Gasteiger partial charge in [-0.1, -0.05) is 67.3 Å². The molecule has 0 atom stereocenters. The van der Waals surface area contributed by atoms with Crippen LogP contribution in [-0.2, 0) is 6.54 Å². The Labute approximate surface area is 220 Å². The van der Waals surface area contributed by atoms with Gasteiger partial charge in [0.25, 0.3) is 5.91 Å². The number of hydrogen-bond acceptors (Lipinski definition) is 4. The highest BCUT2D eigenvalue weighted by molar-refractivity contribution is 7.21. The van der Waals surface area contributed by atoms with Gasteiger partial charge in [-0.3, -0.25) is 4.79 Å². The van der Waals surface area contributed by atoms with Crippen molar-refractivity contribution in [2.24, 2.45) is 0 Å². The first-order valence-electron chi connectivity index (χ1n) is 12.2. The number of fused-ring (bicyclic) bond motifs is 1. The lowest BCUT2D eigenvalue weighted by Crippen LogP contribution is -2.40. The highest BCUT2D eigenvalue weighted by Crippen LogP contribution is 2.38. The summed E-state index contributed by atoms with van der Waals surface area (Å²) in [5.41, 5.74) is 3.62. The third-order valence-electron chi connectivity index (χ3n) is 6.97. The second kappa shape index (κ2) is 10.7. The number of amides is 1. The van der Waals surface area contributed by atoms with Crippen molar-refractivity contribution in [3.63, 3.8) is 0 Å². The zero-order chi connectivity index (χ0) is 25.1. The van der Waals surface area contributed by atoms with Gasteiger partial charge in [-0.05, 0) is 54.3 Å². The first-order chi connectivity index (χ1) is 17.6. The van der Waals surface area contributed by atoms with Crippen LogP contribution in [0, 0.1) is 11.3 Å². The van der Waals surface area contributed by atoms with Crippen LogP contribution < -0.4 is 4.74 Å². The maximum absolute atomic E-state index is 14.0. The zero-order valence-corrected chi connectivity index (χ0v) is 21.7. The Kier molecular flexibility index (Phi) is 7.27. The van der Waals surface area contributed by atoms with Crippen LogP contribution >= 0.6 is 22.9 Å². The van der Waals surface area contributed by atoms with Crippen LogP contribution in [0.3, 0.4) is 0 Å². The minimum Gasteiger partial charge on any atom is -0.496 e. The molecule has 0 saturated heterocycles. The molecule has 182 valence electrons. The van der Waals surface area contributed by atoms with E-state index in [4.69, 9.17) is 21.6 Å². The zero-order valence-electron chi connectivity index (χ0n) is 20.2. The maximum atomic E-state index is 14.0. The fourth-order valence-electron chi connectivity index (χ4n) is 5.04. The van der Waals surface area contributed by atoms with Crippen molar-refractivity contribution in [1.82, 2.24) is 4.90 Å². The SMILES string of the molecule is COc1ccc(-c2ccc(C#N)cc2)cc1CN(C(=O)c1sc2ccccc2c1Cl)C1CCCCC1. The van der Waals surface area contributed by atoms with Gasteiger partial charge in [0.05, 0.1) is 23.8 Å². The van der Waals surface area contributed by atoms with Gasteiger partial charge < -0.3 is 9.64 Å². The summed E-state index contributed by atoms with van der Waals surface area (Å²) in [5, 5.41) is 10.6. The molecule has 0 bridgehead atoms. The van der Waals surface area contributed by atoms with Crippen LogP contribution in [0.25, 0.3) is 21.2 Å². The van der Waals surface area contributed by atoms with Crippen molar-refractivity contribution in [3.8, 4) is 22.9 Å². The third kappa shape index (κ3) is 4.84. The molecule has 0 spiro atoms. The molecule has 6 heteroatoms. The number of carbonyl (C=O) groups excluding carboxylic acids is 1. The van der Waals surface area contributed by atoms with E-state index in [1.54, 1.807) is 7.11 Å². The lowest BCUT2D eigenvalue weighted by molar-refractivity contribution is 0.0618. The first kappa shape index (κ1) is 24.4. The van der Waals surface area contributed by atoms with Crippen LogP contribution in [-0.4, -0.2) is 24.0 Å². The van der Waals surface area contributed by atoms with Crippen molar-refractivity contribution >= 4 is 38.9 Å². The van der Waals surface area contributed by atoms with Gasteiger partial charge in [-0.2, -0.15) is 5.26 Å². The van der Waals surface area contributed by atoms with Crippen LogP contribution in [0.5, 0.6) is 5.75 Å². The van der Waals surface area contributed by atoms with Crippen molar-refractivity contribution < 1.29 is 9.53 Å². The molecule has 4 nitrogen and oxygen atoms in total. The molecular formula is C30H27ClN2O2S. The minimum atomic E-state index is -0.0149. The number of methoxy groups -OCH3 is 1. The molecule has 36 heavy (non-hydrogen) atoms. The Hall–Kier alpha value is -3.33. The third-order valence-corrected chi connectivity index (χ3v) is 8.64. The van der Waals surface area contributed by atoms with Gasteiger partial charge in [-0.15, -0.1) is 11.3 Å². The van der Waals surface area contributed by atoms with E-state index in [2.05, 4.69) is 12.1 Å². The lowest BCUT2D eigenvalue weighted by atomic mass is 9.93. The van der Waals surface area contributed by atoms with Crippen LogP contribution in [0.4, 0.5) is 0 Å². The molecule has 1 aliphatic carbocycles. The Balaban J connectivity index is 1.53. The van der Waals surface area contributed by atoms with E-state index < -0.39 is 0 Å².